The molecule has 0 spiro atoms. The lowest BCUT2D eigenvalue weighted by atomic mass is 10.00. The SMILES string of the molecule is CNC(CSc1ncccn1)c1ccc(C(C)C)cc1. The molecule has 0 aliphatic rings. The number of nitrogens with one attached hydrogen (secondary N) is 1. The highest BCUT2D eigenvalue weighted by molar-refractivity contribution is 7.99. The van der Waals surface area contributed by atoms with Crippen molar-refractivity contribution >= 4 is 11.8 Å². The summed E-state index contributed by atoms with van der Waals surface area (Å²) < 4.78 is 0. The van der Waals surface area contributed by atoms with Crippen molar-refractivity contribution in [3.63, 3.8) is 0 Å². The van der Waals surface area contributed by atoms with E-state index in [1.807, 2.05) is 13.1 Å². The normalized spacial score (nSPS) is 12.6. The number of benzene rings is 1. The lowest BCUT2D eigenvalue weighted by Gasteiger charge is -2.16. The van der Waals surface area contributed by atoms with Gasteiger partial charge in [0, 0.05) is 24.2 Å². The summed E-state index contributed by atoms with van der Waals surface area (Å²) in [6.45, 7) is 4.43. The Morgan fingerprint density at radius 2 is 1.65 bits per heavy atom. The van der Waals surface area contributed by atoms with Crippen LogP contribution in [0.1, 0.15) is 36.9 Å². The number of hydrogen-bond acceptors (Lipinski definition) is 4. The summed E-state index contributed by atoms with van der Waals surface area (Å²) >= 11 is 1.67. The first-order valence-electron chi connectivity index (χ1n) is 6.87. The van der Waals surface area contributed by atoms with Crippen LogP contribution in [0.15, 0.2) is 47.9 Å². The van der Waals surface area contributed by atoms with Gasteiger partial charge in [-0.25, -0.2) is 9.97 Å². The lowest BCUT2D eigenvalue weighted by Crippen LogP contribution is -2.18. The third-order valence-corrected chi connectivity index (χ3v) is 4.24. The van der Waals surface area contributed by atoms with Crippen molar-refractivity contribution in [3.8, 4) is 0 Å². The Kier molecular flexibility index (Phi) is 5.56. The van der Waals surface area contributed by atoms with E-state index in [1.165, 1.54) is 11.1 Å². The molecule has 1 atom stereocenters. The van der Waals surface area contributed by atoms with Gasteiger partial charge in [0.2, 0.25) is 0 Å². The predicted molar refractivity (Wildman–Crippen MR) is 85.1 cm³/mol. The Morgan fingerprint density at radius 3 is 2.20 bits per heavy atom. The second kappa shape index (κ2) is 7.41. The van der Waals surface area contributed by atoms with E-state index in [4.69, 9.17) is 0 Å². The molecule has 0 amide bonds. The second-order valence-corrected chi connectivity index (χ2v) is 5.99. The first kappa shape index (κ1) is 15.0. The summed E-state index contributed by atoms with van der Waals surface area (Å²) in [4.78, 5) is 8.48. The average Bonchev–Trinajstić information content (AvgIpc) is 2.49. The van der Waals surface area contributed by atoms with E-state index in [2.05, 4.69) is 53.4 Å². The van der Waals surface area contributed by atoms with Crippen molar-refractivity contribution in [1.29, 1.82) is 0 Å². The summed E-state index contributed by atoms with van der Waals surface area (Å²) in [5.74, 6) is 1.49. The fourth-order valence-corrected chi connectivity index (χ4v) is 2.92. The number of aromatic nitrogens is 2. The Balaban J connectivity index is 2.01. The number of thioether (sulfide) groups is 1. The van der Waals surface area contributed by atoms with Crippen LogP contribution in [0.25, 0.3) is 0 Å². The van der Waals surface area contributed by atoms with Crippen LogP contribution < -0.4 is 5.32 Å². The molecule has 1 unspecified atom stereocenters. The summed E-state index contributed by atoms with van der Waals surface area (Å²) in [5.41, 5.74) is 2.68. The molecule has 2 rings (SSSR count). The summed E-state index contributed by atoms with van der Waals surface area (Å²) in [5, 5.41) is 4.19. The van der Waals surface area contributed by atoms with Gasteiger partial charge in [-0.2, -0.15) is 0 Å². The first-order valence-corrected chi connectivity index (χ1v) is 7.86. The molecule has 0 saturated carbocycles. The van der Waals surface area contributed by atoms with Gasteiger partial charge in [-0.3, -0.25) is 0 Å². The maximum Gasteiger partial charge on any atom is 0.187 e. The maximum atomic E-state index is 4.24. The zero-order valence-corrected chi connectivity index (χ0v) is 13.0. The Bertz CT molecular complexity index is 511. The van der Waals surface area contributed by atoms with Crippen molar-refractivity contribution in [2.24, 2.45) is 0 Å². The van der Waals surface area contributed by atoms with Crippen molar-refractivity contribution in [1.82, 2.24) is 15.3 Å². The Morgan fingerprint density at radius 1 is 1.05 bits per heavy atom. The van der Waals surface area contributed by atoms with Crippen molar-refractivity contribution < 1.29 is 0 Å². The predicted octanol–water partition coefficient (Wildman–Crippen LogP) is 3.65. The quantitative estimate of drug-likeness (QED) is 0.650. The van der Waals surface area contributed by atoms with Crippen LogP contribution in [0, 0.1) is 0 Å². The fourth-order valence-electron chi connectivity index (χ4n) is 1.98. The van der Waals surface area contributed by atoms with E-state index in [0.29, 0.717) is 12.0 Å². The van der Waals surface area contributed by atoms with Gasteiger partial charge in [0.1, 0.15) is 0 Å². The molecule has 1 N–H and O–H groups in total. The molecule has 0 aliphatic carbocycles. The van der Waals surface area contributed by atoms with E-state index >= 15 is 0 Å². The molecule has 0 bridgehead atoms. The Labute approximate surface area is 125 Å². The highest BCUT2D eigenvalue weighted by Gasteiger charge is 2.11. The zero-order chi connectivity index (χ0) is 14.4. The van der Waals surface area contributed by atoms with Gasteiger partial charge in [-0.1, -0.05) is 49.9 Å². The van der Waals surface area contributed by atoms with Crippen LogP contribution in [-0.2, 0) is 0 Å². The van der Waals surface area contributed by atoms with Gasteiger partial charge in [-0.05, 0) is 30.2 Å². The molecule has 4 heteroatoms. The molecule has 2 aromatic rings. The monoisotopic (exact) mass is 287 g/mol. The van der Waals surface area contributed by atoms with Crippen LogP contribution in [-0.4, -0.2) is 22.8 Å². The molecule has 3 nitrogen and oxygen atoms in total. The van der Waals surface area contributed by atoms with Crippen molar-refractivity contribution in [2.45, 2.75) is 31.0 Å². The molecule has 0 saturated heterocycles. The lowest BCUT2D eigenvalue weighted by molar-refractivity contribution is 0.660. The van der Waals surface area contributed by atoms with Gasteiger partial charge in [0.05, 0.1) is 0 Å². The van der Waals surface area contributed by atoms with E-state index < -0.39 is 0 Å². The van der Waals surface area contributed by atoms with E-state index in [-0.39, 0.29) is 0 Å². The van der Waals surface area contributed by atoms with Gasteiger partial charge in [0.15, 0.2) is 5.16 Å². The number of hydrogen-bond donors (Lipinski definition) is 1. The summed E-state index contributed by atoms with van der Waals surface area (Å²) in [6.07, 6.45) is 3.56. The van der Waals surface area contributed by atoms with E-state index in [9.17, 15) is 0 Å². The van der Waals surface area contributed by atoms with Crippen LogP contribution in [0.5, 0.6) is 0 Å². The van der Waals surface area contributed by atoms with Gasteiger partial charge < -0.3 is 5.32 Å². The molecule has 1 aromatic heterocycles. The molecular weight excluding hydrogens is 266 g/mol. The standard InChI is InChI=1S/C16H21N3S/c1-12(2)13-5-7-14(8-6-13)15(17-3)11-20-16-18-9-4-10-19-16/h4-10,12,15,17H,11H2,1-3H3. The van der Waals surface area contributed by atoms with Gasteiger partial charge >= 0.3 is 0 Å². The molecule has 0 radical (unpaired) electrons. The van der Waals surface area contributed by atoms with Gasteiger partial charge in [-0.15, -0.1) is 0 Å². The highest BCUT2D eigenvalue weighted by atomic mass is 32.2. The molecule has 0 aliphatic heterocycles. The first-order chi connectivity index (χ1) is 9.70. The molecule has 1 heterocycles. The van der Waals surface area contributed by atoms with E-state index in [0.717, 1.165) is 10.9 Å². The van der Waals surface area contributed by atoms with Crippen molar-refractivity contribution in [3.05, 3.63) is 53.9 Å². The van der Waals surface area contributed by atoms with Crippen LogP contribution in [0.4, 0.5) is 0 Å². The van der Waals surface area contributed by atoms with Crippen LogP contribution in [0.2, 0.25) is 0 Å². The summed E-state index contributed by atoms with van der Waals surface area (Å²) in [7, 11) is 1.99. The second-order valence-electron chi connectivity index (χ2n) is 5.00. The summed E-state index contributed by atoms with van der Waals surface area (Å²) in [6, 6.07) is 11.0. The minimum Gasteiger partial charge on any atom is -0.312 e. The number of nitrogens with zero attached hydrogens (tertiary/aromatic N) is 2. The minimum absolute atomic E-state index is 0.310. The Hall–Kier alpha value is -1.39. The smallest absolute Gasteiger partial charge is 0.187 e. The third kappa shape index (κ3) is 4.05. The molecule has 20 heavy (non-hydrogen) atoms. The van der Waals surface area contributed by atoms with Crippen LogP contribution in [0.3, 0.4) is 0 Å². The van der Waals surface area contributed by atoms with Gasteiger partial charge in [0.25, 0.3) is 0 Å². The molecular formula is C16H21N3S. The van der Waals surface area contributed by atoms with E-state index in [1.54, 1.807) is 24.2 Å². The maximum absolute atomic E-state index is 4.24. The number of rotatable bonds is 6. The third-order valence-electron chi connectivity index (χ3n) is 3.28. The van der Waals surface area contributed by atoms with Crippen molar-refractivity contribution in [2.75, 3.05) is 12.8 Å². The zero-order valence-electron chi connectivity index (χ0n) is 12.2. The topological polar surface area (TPSA) is 37.8 Å². The molecule has 0 fully saturated rings. The molecule has 106 valence electrons. The minimum atomic E-state index is 0.310. The average molecular weight is 287 g/mol. The highest BCUT2D eigenvalue weighted by Crippen LogP contribution is 2.23. The largest absolute Gasteiger partial charge is 0.312 e. The van der Waals surface area contributed by atoms with Crippen LogP contribution >= 0.6 is 11.8 Å². The molecule has 1 aromatic carbocycles. The fraction of sp³-hybridized carbons (Fsp3) is 0.375.